The van der Waals surface area contributed by atoms with Crippen LogP contribution < -0.4 is 5.32 Å². The SMILES string of the molecule is CC1CCCN(CCNC(=O)C2CC2c2ccc(Br)cc2)C1. The van der Waals surface area contributed by atoms with Crippen LogP contribution in [0.1, 0.15) is 37.7 Å². The number of hydrogen-bond donors (Lipinski definition) is 1. The molecule has 2 aliphatic rings. The molecule has 0 bridgehead atoms. The van der Waals surface area contributed by atoms with E-state index >= 15 is 0 Å². The van der Waals surface area contributed by atoms with E-state index in [4.69, 9.17) is 0 Å². The minimum absolute atomic E-state index is 0.182. The number of carbonyl (C=O) groups is 1. The van der Waals surface area contributed by atoms with Gasteiger partial charge >= 0.3 is 0 Å². The van der Waals surface area contributed by atoms with Crippen molar-refractivity contribution < 1.29 is 4.79 Å². The number of rotatable bonds is 5. The highest BCUT2D eigenvalue weighted by atomic mass is 79.9. The van der Waals surface area contributed by atoms with Gasteiger partial charge in [-0.15, -0.1) is 0 Å². The zero-order valence-electron chi connectivity index (χ0n) is 13.2. The molecule has 1 aliphatic heterocycles. The Kier molecular flexibility index (Phi) is 5.19. The van der Waals surface area contributed by atoms with Gasteiger partial charge in [0.1, 0.15) is 0 Å². The molecule has 1 saturated heterocycles. The molecule has 1 N–H and O–H groups in total. The first-order valence-electron chi connectivity index (χ1n) is 8.39. The smallest absolute Gasteiger partial charge is 0.223 e. The van der Waals surface area contributed by atoms with Crippen molar-refractivity contribution in [1.29, 1.82) is 0 Å². The lowest BCUT2D eigenvalue weighted by Crippen LogP contribution is -2.40. The summed E-state index contributed by atoms with van der Waals surface area (Å²) >= 11 is 3.45. The van der Waals surface area contributed by atoms with E-state index in [1.165, 1.54) is 31.5 Å². The molecule has 1 heterocycles. The van der Waals surface area contributed by atoms with Crippen LogP contribution in [0.15, 0.2) is 28.7 Å². The Hall–Kier alpha value is -0.870. The third-order valence-electron chi connectivity index (χ3n) is 4.89. The summed E-state index contributed by atoms with van der Waals surface area (Å²) < 4.78 is 1.09. The van der Waals surface area contributed by atoms with Crippen LogP contribution in [-0.4, -0.2) is 37.0 Å². The molecular weight excluding hydrogens is 340 g/mol. The predicted molar refractivity (Wildman–Crippen MR) is 92.8 cm³/mol. The summed E-state index contributed by atoms with van der Waals surface area (Å²) in [5, 5.41) is 3.13. The van der Waals surface area contributed by atoms with Crippen LogP contribution in [0.5, 0.6) is 0 Å². The van der Waals surface area contributed by atoms with E-state index in [1.807, 2.05) is 0 Å². The maximum atomic E-state index is 12.2. The lowest BCUT2D eigenvalue weighted by Gasteiger charge is -2.30. The van der Waals surface area contributed by atoms with Crippen LogP contribution in [0, 0.1) is 11.8 Å². The molecule has 1 aromatic rings. The summed E-state index contributed by atoms with van der Waals surface area (Å²) in [5.74, 6) is 1.64. The van der Waals surface area contributed by atoms with Gasteiger partial charge in [0.05, 0.1) is 0 Å². The van der Waals surface area contributed by atoms with Crippen LogP contribution in [-0.2, 0) is 4.79 Å². The van der Waals surface area contributed by atoms with E-state index in [1.54, 1.807) is 0 Å². The average molecular weight is 365 g/mol. The summed E-state index contributed by atoms with van der Waals surface area (Å²) in [6.07, 6.45) is 3.64. The summed E-state index contributed by atoms with van der Waals surface area (Å²) in [5.41, 5.74) is 1.29. The molecule has 3 unspecified atom stereocenters. The van der Waals surface area contributed by atoms with Crippen LogP contribution in [0.25, 0.3) is 0 Å². The van der Waals surface area contributed by atoms with Gasteiger partial charge in [-0.1, -0.05) is 35.0 Å². The molecule has 22 heavy (non-hydrogen) atoms. The molecule has 4 heteroatoms. The van der Waals surface area contributed by atoms with Crippen LogP contribution >= 0.6 is 15.9 Å². The maximum absolute atomic E-state index is 12.2. The summed E-state index contributed by atoms with van der Waals surface area (Å²) in [6, 6.07) is 8.36. The first-order chi connectivity index (χ1) is 10.6. The fraction of sp³-hybridized carbons (Fsp3) is 0.611. The zero-order chi connectivity index (χ0) is 15.5. The Labute approximate surface area is 141 Å². The lowest BCUT2D eigenvalue weighted by molar-refractivity contribution is -0.122. The molecule has 120 valence electrons. The number of likely N-dealkylation sites (tertiary alicyclic amines) is 1. The van der Waals surface area contributed by atoms with Gasteiger partial charge in [-0.05, 0) is 55.3 Å². The topological polar surface area (TPSA) is 32.3 Å². The molecule has 3 rings (SSSR count). The van der Waals surface area contributed by atoms with E-state index < -0.39 is 0 Å². The van der Waals surface area contributed by atoms with Gasteiger partial charge in [-0.25, -0.2) is 0 Å². The van der Waals surface area contributed by atoms with Crippen LogP contribution in [0.4, 0.5) is 0 Å². The number of piperidine rings is 1. The van der Waals surface area contributed by atoms with Crippen LogP contribution in [0.3, 0.4) is 0 Å². The molecular formula is C18H25BrN2O. The monoisotopic (exact) mass is 364 g/mol. The highest BCUT2D eigenvalue weighted by Crippen LogP contribution is 2.47. The number of carbonyl (C=O) groups excluding carboxylic acids is 1. The standard InChI is InChI=1S/C18H25BrN2O/c1-13-3-2-9-21(12-13)10-8-20-18(22)17-11-16(17)14-4-6-15(19)7-5-14/h4-7,13,16-17H,2-3,8-12H2,1H3,(H,20,22). The molecule has 3 nitrogen and oxygen atoms in total. The lowest BCUT2D eigenvalue weighted by atomic mass is 10.0. The van der Waals surface area contributed by atoms with Gasteiger partial charge < -0.3 is 10.2 Å². The fourth-order valence-electron chi connectivity index (χ4n) is 3.52. The van der Waals surface area contributed by atoms with Crippen molar-refractivity contribution in [3.63, 3.8) is 0 Å². The molecule has 1 aromatic carbocycles. The van der Waals surface area contributed by atoms with Crippen molar-refractivity contribution in [2.75, 3.05) is 26.2 Å². The minimum Gasteiger partial charge on any atom is -0.355 e. The highest BCUT2D eigenvalue weighted by Gasteiger charge is 2.43. The molecule has 0 radical (unpaired) electrons. The van der Waals surface area contributed by atoms with Gasteiger partial charge in [0.15, 0.2) is 0 Å². The van der Waals surface area contributed by atoms with Gasteiger partial charge in [0.2, 0.25) is 5.91 Å². The van der Waals surface area contributed by atoms with Crippen molar-refractivity contribution in [3.8, 4) is 0 Å². The van der Waals surface area contributed by atoms with Gasteiger partial charge in [-0.3, -0.25) is 4.79 Å². The van der Waals surface area contributed by atoms with Crippen molar-refractivity contribution >= 4 is 21.8 Å². The summed E-state index contributed by atoms with van der Waals surface area (Å²) in [4.78, 5) is 14.7. The summed E-state index contributed by atoms with van der Waals surface area (Å²) in [6.45, 7) is 6.46. The molecule has 2 fully saturated rings. The van der Waals surface area contributed by atoms with Crippen molar-refractivity contribution in [3.05, 3.63) is 34.3 Å². The highest BCUT2D eigenvalue weighted by molar-refractivity contribution is 9.10. The second-order valence-electron chi connectivity index (χ2n) is 6.84. The predicted octanol–water partition coefficient (Wildman–Crippen LogP) is 3.40. The Morgan fingerprint density at radius 1 is 1.36 bits per heavy atom. The minimum atomic E-state index is 0.182. The Morgan fingerprint density at radius 3 is 2.86 bits per heavy atom. The number of halogens is 1. The van der Waals surface area contributed by atoms with Crippen molar-refractivity contribution in [1.82, 2.24) is 10.2 Å². The Bertz CT molecular complexity index is 516. The first kappa shape index (κ1) is 16.0. The third kappa shape index (κ3) is 4.11. The molecule has 0 aromatic heterocycles. The maximum Gasteiger partial charge on any atom is 0.223 e. The van der Waals surface area contributed by atoms with E-state index in [-0.39, 0.29) is 11.8 Å². The number of hydrogen-bond acceptors (Lipinski definition) is 2. The quantitative estimate of drug-likeness (QED) is 0.868. The van der Waals surface area contributed by atoms with Gasteiger partial charge in [0.25, 0.3) is 0 Å². The van der Waals surface area contributed by atoms with E-state index in [0.717, 1.165) is 29.9 Å². The molecule has 1 amide bonds. The fourth-order valence-corrected chi connectivity index (χ4v) is 3.79. The van der Waals surface area contributed by atoms with E-state index in [0.29, 0.717) is 5.92 Å². The molecule has 1 saturated carbocycles. The van der Waals surface area contributed by atoms with Crippen molar-refractivity contribution in [2.24, 2.45) is 11.8 Å². The zero-order valence-corrected chi connectivity index (χ0v) is 14.8. The molecule has 0 spiro atoms. The van der Waals surface area contributed by atoms with E-state index in [9.17, 15) is 4.79 Å². The average Bonchev–Trinajstić information content (AvgIpc) is 3.28. The number of nitrogens with one attached hydrogen (secondary N) is 1. The number of benzene rings is 1. The summed E-state index contributed by atoms with van der Waals surface area (Å²) in [7, 11) is 0. The molecule has 3 atom stereocenters. The second kappa shape index (κ2) is 7.14. The third-order valence-corrected chi connectivity index (χ3v) is 5.42. The second-order valence-corrected chi connectivity index (χ2v) is 7.75. The van der Waals surface area contributed by atoms with Gasteiger partial charge in [0, 0.05) is 30.0 Å². The van der Waals surface area contributed by atoms with E-state index in [2.05, 4.69) is 57.3 Å². The molecule has 1 aliphatic carbocycles. The van der Waals surface area contributed by atoms with Crippen LogP contribution in [0.2, 0.25) is 0 Å². The number of amides is 1. The van der Waals surface area contributed by atoms with Gasteiger partial charge in [-0.2, -0.15) is 0 Å². The Balaban J connectivity index is 1.39. The largest absolute Gasteiger partial charge is 0.355 e. The van der Waals surface area contributed by atoms with Crippen molar-refractivity contribution in [2.45, 2.75) is 32.1 Å². The first-order valence-corrected chi connectivity index (χ1v) is 9.18. The number of nitrogens with zero attached hydrogens (tertiary/aromatic N) is 1. The Morgan fingerprint density at radius 2 is 2.14 bits per heavy atom. The normalized spacial score (nSPS) is 28.4.